The molecule has 3 aromatic rings. The van der Waals surface area contributed by atoms with Crippen molar-refractivity contribution in [2.45, 2.75) is 0 Å². The van der Waals surface area contributed by atoms with Crippen LogP contribution in [0.2, 0.25) is 0 Å². The molecule has 108 valence electrons. The average Bonchev–Trinajstić information content (AvgIpc) is 2.91. The van der Waals surface area contributed by atoms with E-state index in [4.69, 9.17) is 13.9 Å². The molecule has 0 fully saturated rings. The van der Waals surface area contributed by atoms with Gasteiger partial charge in [0.15, 0.2) is 17.1 Å². The second kappa shape index (κ2) is 5.37. The summed E-state index contributed by atoms with van der Waals surface area (Å²) in [4.78, 5) is 4.36. The average molecular weight is 352 g/mol. The minimum Gasteiger partial charge on any atom is -0.497 e. The summed E-state index contributed by atoms with van der Waals surface area (Å²) in [6.45, 7) is 0. The van der Waals surface area contributed by atoms with E-state index >= 15 is 0 Å². The third kappa shape index (κ3) is 2.47. The van der Waals surface area contributed by atoms with Crippen LogP contribution in [0.5, 0.6) is 11.5 Å². The molecule has 0 bridgehead atoms. The number of ether oxygens (including phenoxy) is 2. The molecule has 0 atom stereocenters. The second-order valence-electron chi connectivity index (χ2n) is 4.33. The van der Waals surface area contributed by atoms with Gasteiger partial charge in [-0.25, -0.2) is 9.37 Å². The SMILES string of the molecule is COc1cc(Br)c2oc(-c3ccc(OC)c(F)c3)nc2c1. The first kappa shape index (κ1) is 13.9. The van der Waals surface area contributed by atoms with Crippen LogP contribution in [0.25, 0.3) is 22.6 Å². The Bertz CT molecular complexity index is 816. The molecule has 0 amide bonds. The van der Waals surface area contributed by atoms with Gasteiger partial charge in [0.25, 0.3) is 0 Å². The molecule has 3 rings (SSSR count). The van der Waals surface area contributed by atoms with Crippen LogP contribution in [0.3, 0.4) is 0 Å². The summed E-state index contributed by atoms with van der Waals surface area (Å²) in [5.74, 6) is 0.710. The van der Waals surface area contributed by atoms with Gasteiger partial charge < -0.3 is 13.9 Å². The van der Waals surface area contributed by atoms with Gasteiger partial charge in [-0.05, 0) is 40.2 Å². The molecule has 0 aliphatic carbocycles. The minimum absolute atomic E-state index is 0.178. The monoisotopic (exact) mass is 351 g/mol. The van der Waals surface area contributed by atoms with Gasteiger partial charge in [0, 0.05) is 11.6 Å². The van der Waals surface area contributed by atoms with Crippen molar-refractivity contribution >= 4 is 27.0 Å². The van der Waals surface area contributed by atoms with E-state index in [-0.39, 0.29) is 5.75 Å². The highest BCUT2D eigenvalue weighted by molar-refractivity contribution is 9.10. The van der Waals surface area contributed by atoms with Crippen LogP contribution >= 0.6 is 15.9 Å². The fourth-order valence-electron chi connectivity index (χ4n) is 2.01. The topological polar surface area (TPSA) is 44.5 Å². The lowest BCUT2D eigenvalue weighted by molar-refractivity contribution is 0.386. The lowest BCUT2D eigenvalue weighted by Gasteiger charge is -2.02. The van der Waals surface area contributed by atoms with Crippen molar-refractivity contribution in [3.8, 4) is 23.0 Å². The Morgan fingerprint density at radius 1 is 1.14 bits per heavy atom. The Labute approximate surface area is 128 Å². The molecule has 0 unspecified atom stereocenters. The zero-order valence-corrected chi connectivity index (χ0v) is 12.9. The molecule has 0 saturated heterocycles. The number of methoxy groups -OCH3 is 2. The first-order valence-corrected chi connectivity index (χ1v) is 6.89. The summed E-state index contributed by atoms with van der Waals surface area (Å²) in [7, 11) is 2.99. The summed E-state index contributed by atoms with van der Waals surface area (Å²) in [5.41, 5.74) is 1.75. The highest BCUT2D eigenvalue weighted by Gasteiger charge is 2.14. The lowest BCUT2D eigenvalue weighted by atomic mass is 10.2. The van der Waals surface area contributed by atoms with Crippen LogP contribution in [0.15, 0.2) is 39.2 Å². The quantitative estimate of drug-likeness (QED) is 0.700. The number of fused-ring (bicyclic) bond motifs is 1. The highest BCUT2D eigenvalue weighted by Crippen LogP contribution is 2.33. The lowest BCUT2D eigenvalue weighted by Crippen LogP contribution is -1.88. The van der Waals surface area contributed by atoms with Crippen LogP contribution in [-0.2, 0) is 0 Å². The van der Waals surface area contributed by atoms with Gasteiger partial charge in [-0.3, -0.25) is 0 Å². The van der Waals surface area contributed by atoms with Gasteiger partial charge in [0.1, 0.15) is 11.3 Å². The molecule has 0 aliphatic heterocycles. The van der Waals surface area contributed by atoms with Crippen LogP contribution in [0, 0.1) is 5.82 Å². The molecule has 21 heavy (non-hydrogen) atoms. The van der Waals surface area contributed by atoms with Crippen LogP contribution < -0.4 is 9.47 Å². The third-order valence-corrected chi connectivity index (χ3v) is 3.64. The number of aromatic nitrogens is 1. The number of halogens is 2. The number of rotatable bonds is 3. The van der Waals surface area contributed by atoms with Crippen molar-refractivity contribution in [2.24, 2.45) is 0 Å². The summed E-state index contributed by atoms with van der Waals surface area (Å²) < 4.78 is 30.3. The zero-order valence-electron chi connectivity index (χ0n) is 11.3. The van der Waals surface area contributed by atoms with Crippen molar-refractivity contribution < 1.29 is 18.3 Å². The predicted molar refractivity (Wildman–Crippen MR) is 80.2 cm³/mol. The summed E-state index contributed by atoms with van der Waals surface area (Å²) in [5, 5.41) is 0. The van der Waals surface area contributed by atoms with Gasteiger partial charge in [0.2, 0.25) is 5.89 Å². The largest absolute Gasteiger partial charge is 0.497 e. The number of hydrogen-bond acceptors (Lipinski definition) is 4. The highest BCUT2D eigenvalue weighted by atomic mass is 79.9. The fraction of sp³-hybridized carbons (Fsp3) is 0.133. The van der Waals surface area contributed by atoms with E-state index in [1.54, 1.807) is 25.3 Å². The molecular formula is C15H11BrFNO3. The molecule has 0 aliphatic rings. The molecule has 6 heteroatoms. The Hall–Kier alpha value is -2.08. The van der Waals surface area contributed by atoms with Crippen molar-refractivity contribution in [3.63, 3.8) is 0 Å². The molecule has 0 saturated carbocycles. The van der Waals surface area contributed by atoms with Crippen LogP contribution in [0.1, 0.15) is 0 Å². The Balaban J connectivity index is 2.12. The van der Waals surface area contributed by atoms with Gasteiger partial charge in [-0.2, -0.15) is 0 Å². The zero-order chi connectivity index (χ0) is 15.0. The first-order valence-electron chi connectivity index (χ1n) is 6.10. The Morgan fingerprint density at radius 3 is 2.62 bits per heavy atom. The number of benzene rings is 2. The Kier molecular flexibility index (Phi) is 3.55. The molecule has 0 spiro atoms. The molecule has 0 radical (unpaired) electrons. The number of hydrogen-bond donors (Lipinski definition) is 0. The Morgan fingerprint density at radius 2 is 1.95 bits per heavy atom. The number of nitrogens with zero attached hydrogens (tertiary/aromatic N) is 1. The van der Waals surface area contributed by atoms with Gasteiger partial charge >= 0.3 is 0 Å². The van der Waals surface area contributed by atoms with Gasteiger partial charge in [-0.1, -0.05) is 0 Å². The minimum atomic E-state index is -0.464. The summed E-state index contributed by atoms with van der Waals surface area (Å²) in [6, 6.07) is 8.10. The van der Waals surface area contributed by atoms with Crippen molar-refractivity contribution in [2.75, 3.05) is 14.2 Å². The van der Waals surface area contributed by atoms with Gasteiger partial charge in [-0.15, -0.1) is 0 Å². The normalized spacial score (nSPS) is 10.9. The van der Waals surface area contributed by atoms with Crippen molar-refractivity contribution in [1.82, 2.24) is 4.98 Å². The maximum absolute atomic E-state index is 13.8. The molecule has 1 heterocycles. The van der Waals surface area contributed by atoms with E-state index in [2.05, 4.69) is 20.9 Å². The molecular weight excluding hydrogens is 341 g/mol. The fourth-order valence-corrected chi connectivity index (χ4v) is 2.52. The van der Waals surface area contributed by atoms with E-state index in [0.29, 0.717) is 28.3 Å². The first-order chi connectivity index (χ1) is 10.1. The summed E-state index contributed by atoms with van der Waals surface area (Å²) in [6.07, 6.45) is 0. The molecule has 2 aromatic carbocycles. The van der Waals surface area contributed by atoms with Crippen molar-refractivity contribution in [3.05, 3.63) is 40.6 Å². The van der Waals surface area contributed by atoms with Gasteiger partial charge in [0.05, 0.1) is 18.7 Å². The van der Waals surface area contributed by atoms with E-state index in [1.807, 2.05) is 0 Å². The molecule has 4 nitrogen and oxygen atoms in total. The van der Waals surface area contributed by atoms with E-state index in [9.17, 15) is 4.39 Å². The number of oxazole rings is 1. The maximum Gasteiger partial charge on any atom is 0.227 e. The smallest absolute Gasteiger partial charge is 0.227 e. The third-order valence-electron chi connectivity index (χ3n) is 3.05. The van der Waals surface area contributed by atoms with Crippen LogP contribution in [0.4, 0.5) is 4.39 Å². The van der Waals surface area contributed by atoms with E-state index in [1.165, 1.54) is 19.2 Å². The van der Waals surface area contributed by atoms with Crippen molar-refractivity contribution in [1.29, 1.82) is 0 Å². The predicted octanol–water partition coefficient (Wildman–Crippen LogP) is 4.41. The standard InChI is InChI=1S/C15H11BrFNO3/c1-19-9-6-10(16)14-12(7-9)18-15(21-14)8-3-4-13(20-2)11(17)5-8/h3-7H,1-2H3. The van der Waals surface area contributed by atoms with E-state index in [0.717, 1.165) is 4.47 Å². The molecule has 0 N–H and O–H groups in total. The maximum atomic E-state index is 13.8. The summed E-state index contributed by atoms with van der Waals surface area (Å²) >= 11 is 3.40. The molecule has 1 aromatic heterocycles. The van der Waals surface area contributed by atoms with E-state index < -0.39 is 5.82 Å². The van der Waals surface area contributed by atoms with Crippen LogP contribution in [-0.4, -0.2) is 19.2 Å². The second-order valence-corrected chi connectivity index (χ2v) is 5.18.